The maximum Gasteiger partial charge on any atom is 0.406 e. The SMILES string of the molecule is COc1ccc(S(C)(=O)=O)cc1NCC#Cc1cc(N[C@H]2CCN(C)C[C@@H]2F)c2ccn(CC(F)(F)F)c2c1. The number of ether oxygens (including phenoxy) is 1. The summed E-state index contributed by atoms with van der Waals surface area (Å²) in [5, 5.41) is 6.79. The highest BCUT2D eigenvalue weighted by Gasteiger charge is 2.30. The van der Waals surface area contributed by atoms with Gasteiger partial charge in [-0.2, -0.15) is 13.2 Å². The number of piperidine rings is 1. The maximum atomic E-state index is 14.7. The summed E-state index contributed by atoms with van der Waals surface area (Å²) in [6.07, 6.45) is -2.53. The van der Waals surface area contributed by atoms with E-state index in [0.29, 0.717) is 46.6 Å². The van der Waals surface area contributed by atoms with Gasteiger partial charge in [0.1, 0.15) is 18.5 Å². The summed E-state index contributed by atoms with van der Waals surface area (Å²) in [7, 11) is -0.131. The monoisotopic (exact) mass is 566 g/mol. The molecule has 2 atom stereocenters. The number of sulfone groups is 1. The fourth-order valence-corrected chi connectivity index (χ4v) is 5.23. The third-order valence-corrected chi connectivity index (χ3v) is 7.63. The van der Waals surface area contributed by atoms with Gasteiger partial charge in [0.05, 0.1) is 35.8 Å². The molecule has 12 heteroatoms. The predicted octanol–water partition coefficient (Wildman–Crippen LogP) is 4.53. The van der Waals surface area contributed by atoms with E-state index in [0.717, 1.165) is 10.8 Å². The van der Waals surface area contributed by atoms with Crippen molar-refractivity contribution in [1.29, 1.82) is 0 Å². The van der Waals surface area contributed by atoms with Crippen molar-refractivity contribution in [2.75, 3.05) is 50.7 Å². The minimum atomic E-state index is -4.41. The molecular weight excluding hydrogens is 536 g/mol. The number of fused-ring (bicyclic) bond motifs is 1. The molecule has 1 aliphatic rings. The van der Waals surface area contributed by atoms with E-state index >= 15 is 0 Å². The number of halogens is 4. The van der Waals surface area contributed by atoms with Crippen LogP contribution in [0.5, 0.6) is 5.75 Å². The first-order valence-corrected chi connectivity index (χ1v) is 14.1. The van der Waals surface area contributed by atoms with Crippen LogP contribution in [0.3, 0.4) is 0 Å². The number of likely N-dealkylation sites (tertiary alicyclic amines) is 1. The molecule has 0 radical (unpaired) electrons. The normalized spacial score (nSPS) is 18.4. The predicted molar refractivity (Wildman–Crippen MR) is 144 cm³/mol. The van der Waals surface area contributed by atoms with Crippen molar-refractivity contribution in [3.63, 3.8) is 0 Å². The van der Waals surface area contributed by atoms with Gasteiger partial charge in [0, 0.05) is 42.2 Å². The van der Waals surface area contributed by atoms with Crippen molar-refractivity contribution in [1.82, 2.24) is 9.47 Å². The van der Waals surface area contributed by atoms with Crippen LogP contribution in [0.1, 0.15) is 12.0 Å². The molecule has 0 spiro atoms. The van der Waals surface area contributed by atoms with Gasteiger partial charge >= 0.3 is 6.18 Å². The van der Waals surface area contributed by atoms with E-state index in [9.17, 15) is 26.0 Å². The van der Waals surface area contributed by atoms with E-state index in [4.69, 9.17) is 4.74 Å². The van der Waals surface area contributed by atoms with Crippen LogP contribution < -0.4 is 15.4 Å². The van der Waals surface area contributed by atoms with E-state index in [1.165, 1.54) is 31.5 Å². The van der Waals surface area contributed by atoms with Gasteiger partial charge < -0.3 is 24.8 Å². The summed E-state index contributed by atoms with van der Waals surface area (Å²) in [5.74, 6) is 6.31. The first-order chi connectivity index (χ1) is 18.3. The minimum absolute atomic E-state index is 0.107. The van der Waals surface area contributed by atoms with Crippen LogP contribution in [0.15, 0.2) is 47.5 Å². The molecule has 2 N–H and O–H groups in total. The molecule has 2 heterocycles. The highest BCUT2D eigenvalue weighted by atomic mass is 32.2. The Labute approximate surface area is 225 Å². The average molecular weight is 567 g/mol. The van der Waals surface area contributed by atoms with E-state index in [1.807, 2.05) is 11.9 Å². The molecule has 2 aromatic carbocycles. The van der Waals surface area contributed by atoms with Crippen LogP contribution in [0, 0.1) is 11.8 Å². The van der Waals surface area contributed by atoms with Gasteiger partial charge in [0.2, 0.25) is 0 Å². The van der Waals surface area contributed by atoms with Gasteiger partial charge in [0.15, 0.2) is 9.84 Å². The number of nitrogens with one attached hydrogen (secondary N) is 2. The second kappa shape index (κ2) is 11.4. The van der Waals surface area contributed by atoms with Gasteiger partial charge in [-0.3, -0.25) is 0 Å². The largest absolute Gasteiger partial charge is 0.495 e. The molecule has 0 saturated carbocycles. The van der Waals surface area contributed by atoms with Crippen molar-refractivity contribution in [2.45, 2.75) is 36.3 Å². The quantitative estimate of drug-likeness (QED) is 0.323. The highest BCUT2D eigenvalue weighted by Crippen LogP contribution is 2.31. The fraction of sp³-hybridized carbons (Fsp3) is 0.407. The van der Waals surface area contributed by atoms with Crippen LogP contribution in [0.4, 0.5) is 28.9 Å². The van der Waals surface area contributed by atoms with Gasteiger partial charge in [0.25, 0.3) is 0 Å². The number of methoxy groups -OCH3 is 1. The third kappa shape index (κ3) is 7.16. The molecule has 0 unspecified atom stereocenters. The Bertz CT molecular complexity index is 1510. The van der Waals surface area contributed by atoms with Gasteiger partial charge in [-0.05, 0) is 49.9 Å². The number of benzene rings is 2. The lowest BCUT2D eigenvalue weighted by Gasteiger charge is -2.33. The van der Waals surface area contributed by atoms with E-state index in [1.54, 1.807) is 18.2 Å². The lowest BCUT2D eigenvalue weighted by molar-refractivity contribution is -0.139. The van der Waals surface area contributed by atoms with Gasteiger partial charge in [-0.25, -0.2) is 12.8 Å². The maximum absolute atomic E-state index is 14.7. The Kier molecular flexibility index (Phi) is 8.32. The third-order valence-electron chi connectivity index (χ3n) is 6.52. The molecule has 3 aromatic rings. The summed E-state index contributed by atoms with van der Waals surface area (Å²) in [6.45, 7) is -0.0865. The molecule has 0 bridgehead atoms. The van der Waals surface area contributed by atoms with Crippen molar-refractivity contribution in [3.8, 4) is 17.6 Å². The molecule has 1 fully saturated rings. The summed E-state index contributed by atoms with van der Waals surface area (Å²) >= 11 is 0. The Morgan fingerprint density at radius 3 is 2.59 bits per heavy atom. The second-order valence-corrected chi connectivity index (χ2v) is 11.6. The van der Waals surface area contributed by atoms with E-state index < -0.39 is 34.8 Å². The van der Waals surface area contributed by atoms with E-state index in [-0.39, 0.29) is 18.0 Å². The number of rotatable bonds is 7. The van der Waals surface area contributed by atoms with Gasteiger partial charge in [-0.15, -0.1) is 0 Å². The van der Waals surface area contributed by atoms with E-state index in [2.05, 4.69) is 22.5 Å². The fourth-order valence-electron chi connectivity index (χ4n) is 4.58. The zero-order valence-corrected chi connectivity index (χ0v) is 22.6. The first kappa shape index (κ1) is 28.6. The lowest BCUT2D eigenvalue weighted by atomic mass is 10.0. The Balaban J connectivity index is 1.62. The number of hydrogen-bond acceptors (Lipinski definition) is 6. The molecule has 7 nitrogen and oxygen atoms in total. The molecule has 1 aliphatic heterocycles. The molecule has 210 valence electrons. The van der Waals surface area contributed by atoms with Crippen molar-refractivity contribution < 1.29 is 30.7 Å². The number of nitrogens with zero attached hydrogens (tertiary/aromatic N) is 2. The summed E-state index contributed by atoms with van der Waals surface area (Å²) in [5.41, 5.74) is 1.74. The molecule has 1 saturated heterocycles. The van der Waals surface area contributed by atoms with Crippen LogP contribution in [0.25, 0.3) is 10.9 Å². The van der Waals surface area contributed by atoms with Crippen molar-refractivity contribution in [2.24, 2.45) is 0 Å². The summed E-state index contributed by atoms with van der Waals surface area (Å²) < 4.78 is 84.6. The highest BCUT2D eigenvalue weighted by molar-refractivity contribution is 7.90. The van der Waals surface area contributed by atoms with Crippen LogP contribution >= 0.6 is 0 Å². The van der Waals surface area contributed by atoms with Crippen LogP contribution in [-0.4, -0.2) is 76.3 Å². The minimum Gasteiger partial charge on any atom is -0.495 e. The average Bonchev–Trinajstić information content (AvgIpc) is 3.24. The Hall–Kier alpha value is -3.43. The molecule has 0 aliphatic carbocycles. The zero-order valence-electron chi connectivity index (χ0n) is 21.8. The smallest absolute Gasteiger partial charge is 0.406 e. The standard InChI is InChI=1S/C27H30F4N4O3S/c1-34-11-9-22(21(28)16-34)33-23-13-18(14-25-20(23)8-12-35(25)17-27(29,30)31)5-4-10-32-24-15-19(39(3,36)37)6-7-26(24)38-2/h6-8,12-15,21-22,32-33H,9-11,16-17H2,1-3H3/t21-,22-/m0/s1. The number of alkyl halides is 4. The molecule has 0 amide bonds. The number of anilines is 2. The first-order valence-electron chi connectivity index (χ1n) is 12.2. The lowest BCUT2D eigenvalue weighted by Crippen LogP contribution is -2.46. The Morgan fingerprint density at radius 2 is 1.92 bits per heavy atom. The summed E-state index contributed by atoms with van der Waals surface area (Å²) in [4.78, 5) is 2.01. The number of hydrogen-bond donors (Lipinski definition) is 2. The molecule has 4 rings (SSSR count). The zero-order chi connectivity index (χ0) is 28.4. The molecular formula is C27H30F4N4O3S. The van der Waals surface area contributed by atoms with Crippen LogP contribution in [0.2, 0.25) is 0 Å². The van der Waals surface area contributed by atoms with Crippen LogP contribution in [-0.2, 0) is 16.4 Å². The number of aromatic nitrogens is 1. The topological polar surface area (TPSA) is 75.6 Å². The summed E-state index contributed by atoms with van der Waals surface area (Å²) in [6, 6.07) is 8.82. The van der Waals surface area contributed by atoms with Gasteiger partial charge in [-0.1, -0.05) is 11.8 Å². The van der Waals surface area contributed by atoms with Crippen molar-refractivity contribution >= 4 is 32.1 Å². The second-order valence-electron chi connectivity index (χ2n) is 9.62. The van der Waals surface area contributed by atoms with Crippen molar-refractivity contribution in [3.05, 3.63) is 48.2 Å². The molecule has 1 aromatic heterocycles. The molecule has 39 heavy (non-hydrogen) atoms. The Morgan fingerprint density at radius 1 is 1.15 bits per heavy atom.